The van der Waals surface area contributed by atoms with Gasteiger partial charge in [0.2, 0.25) is 0 Å². The van der Waals surface area contributed by atoms with Crippen molar-refractivity contribution < 1.29 is 0 Å². The Balaban J connectivity index is 1.76. The molecule has 0 radical (unpaired) electrons. The van der Waals surface area contributed by atoms with Gasteiger partial charge in [-0.3, -0.25) is 5.32 Å². The van der Waals surface area contributed by atoms with Crippen LogP contribution in [0, 0.1) is 11.3 Å². The molecule has 1 aliphatic heterocycles. The van der Waals surface area contributed by atoms with E-state index >= 15 is 0 Å². The van der Waals surface area contributed by atoms with E-state index in [1.165, 1.54) is 22.5 Å². The molecule has 1 aromatic carbocycles. The van der Waals surface area contributed by atoms with E-state index in [1.54, 1.807) is 11.3 Å². The van der Waals surface area contributed by atoms with Crippen molar-refractivity contribution in [1.29, 1.82) is 5.26 Å². The van der Waals surface area contributed by atoms with Crippen LogP contribution in [0.25, 0.3) is 0 Å². The maximum atomic E-state index is 9.44. The van der Waals surface area contributed by atoms with Crippen LogP contribution >= 0.6 is 11.3 Å². The molecule has 2 heterocycles. The van der Waals surface area contributed by atoms with Crippen molar-refractivity contribution in [3.05, 3.63) is 51.7 Å². The van der Waals surface area contributed by atoms with E-state index in [4.69, 9.17) is 0 Å². The molecule has 0 fully saturated rings. The number of fused-ring (bicyclic) bond motifs is 1. The first-order valence-corrected chi connectivity index (χ1v) is 8.15. The van der Waals surface area contributed by atoms with E-state index in [1.807, 2.05) is 6.07 Å². The number of anilines is 1. The van der Waals surface area contributed by atoms with Gasteiger partial charge in [-0.15, -0.1) is 11.3 Å². The highest BCUT2D eigenvalue weighted by atomic mass is 32.1. The molecule has 0 spiro atoms. The third-order valence-corrected chi connectivity index (χ3v) is 4.85. The number of hydrogen-bond donors (Lipinski definition) is 1. The minimum Gasteiger partial charge on any atom is -0.374 e. The van der Waals surface area contributed by atoms with Gasteiger partial charge in [-0.1, -0.05) is 18.2 Å². The van der Waals surface area contributed by atoms with Crippen LogP contribution in [0.2, 0.25) is 0 Å². The smallest absolute Gasteiger partial charge is 0.121 e. The topological polar surface area (TPSA) is 39.1 Å². The largest absolute Gasteiger partial charge is 0.374 e. The van der Waals surface area contributed by atoms with E-state index < -0.39 is 0 Å². The Bertz CT molecular complexity index is 643. The van der Waals surface area contributed by atoms with Crippen molar-refractivity contribution in [3.8, 4) is 6.07 Å². The van der Waals surface area contributed by atoms with Crippen molar-refractivity contribution in [2.75, 3.05) is 18.5 Å². The zero-order valence-corrected chi connectivity index (χ0v) is 13.0. The highest BCUT2D eigenvalue weighted by molar-refractivity contribution is 7.09. The van der Waals surface area contributed by atoms with E-state index in [-0.39, 0.29) is 6.04 Å². The molecule has 1 N–H and O–H groups in total. The van der Waals surface area contributed by atoms with Crippen LogP contribution in [-0.4, -0.2) is 13.6 Å². The van der Waals surface area contributed by atoms with Crippen molar-refractivity contribution >= 4 is 17.0 Å². The zero-order chi connectivity index (χ0) is 14.7. The Labute approximate surface area is 129 Å². The summed E-state index contributed by atoms with van der Waals surface area (Å²) in [5.74, 6) is 0. The van der Waals surface area contributed by atoms with E-state index in [9.17, 15) is 5.26 Å². The summed E-state index contributed by atoms with van der Waals surface area (Å²) >= 11 is 1.72. The number of hydrogen-bond acceptors (Lipinski definition) is 4. The van der Waals surface area contributed by atoms with Crippen LogP contribution in [0.15, 0.2) is 35.7 Å². The predicted octanol–water partition coefficient (Wildman–Crippen LogP) is 3.48. The van der Waals surface area contributed by atoms with Gasteiger partial charge < -0.3 is 4.90 Å². The molecule has 0 amide bonds. The van der Waals surface area contributed by atoms with E-state index in [2.05, 4.69) is 53.0 Å². The van der Waals surface area contributed by atoms with Gasteiger partial charge in [0.15, 0.2) is 0 Å². The van der Waals surface area contributed by atoms with Gasteiger partial charge in [0, 0.05) is 30.7 Å². The molecule has 0 saturated heterocycles. The van der Waals surface area contributed by atoms with Crippen LogP contribution in [0.4, 0.5) is 5.69 Å². The molecule has 4 heteroatoms. The highest BCUT2D eigenvalue weighted by Crippen LogP contribution is 2.28. The average Bonchev–Trinajstić information content (AvgIpc) is 3.01. The summed E-state index contributed by atoms with van der Waals surface area (Å²) in [6.45, 7) is 1.86. The number of aryl methyl sites for hydroxylation is 1. The average molecular weight is 297 g/mol. The number of nitriles is 1. The van der Waals surface area contributed by atoms with Crippen molar-refractivity contribution in [2.24, 2.45) is 0 Å². The minimum absolute atomic E-state index is 0.246. The standard InChI is InChI=1S/C17H19N3S/c1-20-8-2-4-14-10-13(6-7-17(14)20)16(11-18)19-12-15-5-3-9-21-15/h3,5-7,9-10,16,19H,2,4,8,12H2,1H3. The van der Waals surface area contributed by atoms with Crippen molar-refractivity contribution in [2.45, 2.75) is 25.4 Å². The number of rotatable bonds is 4. The quantitative estimate of drug-likeness (QED) is 0.939. The fraction of sp³-hybridized carbons (Fsp3) is 0.353. The predicted molar refractivity (Wildman–Crippen MR) is 87.5 cm³/mol. The molecule has 3 nitrogen and oxygen atoms in total. The Morgan fingerprint density at radius 1 is 1.43 bits per heavy atom. The zero-order valence-electron chi connectivity index (χ0n) is 12.2. The van der Waals surface area contributed by atoms with Crippen LogP contribution in [0.5, 0.6) is 0 Å². The lowest BCUT2D eigenvalue weighted by atomic mass is 9.97. The van der Waals surface area contributed by atoms with Gasteiger partial charge in [0.05, 0.1) is 6.07 Å². The van der Waals surface area contributed by atoms with Crippen LogP contribution in [0.3, 0.4) is 0 Å². The first kappa shape index (κ1) is 14.1. The SMILES string of the molecule is CN1CCCc2cc(C(C#N)NCc3cccs3)ccc21. The third kappa shape index (κ3) is 3.10. The van der Waals surface area contributed by atoms with E-state index in [0.717, 1.165) is 25.1 Å². The number of nitrogens with one attached hydrogen (secondary N) is 1. The lowest BCUT2D eigenvalue weighted by molar-refractivity contribution is 0.634. The van der Waals surface area contributed by atoms with E-state index in [0.29, 0.717) is 0 Å². The molecule has 1 atom stereocenters. The lowest BCUT2D eigenvalue weighted by Gasteiger charge is -2.28. The molecule has 1 aliphatic rings. The van der Waals surface area contributed by atoms with Crippen LogP contribution < -0.4 is 10.2 Å². The molecule has 0 saturated carbocycles. The first-order chi connectivity index (χ1) is 10.3. The molecule has 108 valence electrons. The number of thiophene rings is 1. The van der Waals surface area contributed by atoms with Gasteiger partial charge in [0.25, 0.3) is 0 Å². The summed E-state index contributed by atoms with van der Waals surface area (Å²) in [5, 5.41) is 14.8. The summed E-state index contributed by atoms with van der Waals surface area (Å²) < 4.78 is 0. The van der Waals surface area contributed by atoms with Gasteiger partial charge in [-0.2, -0.15) is 5.26 Å². The second-order valence-electron chi connectivity index (χ2n) is 5.44. The third-order valence-electron chi connectivity index (χ3n) is 3.98. The summed E-state index contributed by atoms with van der Waals surface area (Å²) in [4.78, 5) is 3.55. The molecule has 1 unspecified atom stereocenters. The Hall–Kier alpha value is -1.83. The normalized spacial score (nSPS) is 15.3. The van der Waals surface area contributed by atoms with Gasteiger partial charge in [-0.25, -0.2) is 0 Å². The molecular weight excluding hydrogens is 278 g/mol. The van der Waals surface area contributed by atoms with Crippen molar-refractivity contribution in [3.63, 3.8) is 0 Å². The Kier molecular flexibility index (Phi) is 4.23. The minimum atomic E-state index is -0.246. The highest BCUT2D eigenvalue weighted by Gasteiger charge is 2.17. The molecule has 21 heavy (non-hydrogen) atoms. The maximum absolute atomic E-state index is 9.44. The number of nitrogens with zero attached hydrogens (tertiary/aromatic N) is 2. The maximum Gasteiger partial charge on any atom is 0.121 e. The molecule has 2 aromatic rings. The summed E-state index contributed by atoms with van der Waals surface area (Å²) in [5.41, 5.74) is 3.74. The van der Waals surface area contributed by atoms with Crippen molar-refractivity contribution in [1.82, 2.24) is 5.32 Å². The number of benzene rings is 1. The molecule has 1 aromatic heterocycles. The van der Waals surface area contributed by atoms with Gasteiger partial charge >= 0.3 is 0 Å². The fourth-order valence-corrected chi connectivity index (χ4v) is 3.49. The summed E-state index contributed by atoms with van der Waals surface area (Å²) in [6.07, 6.45) is 2.30. The van der Waals surface area contributed by atoms with Crippen LogP contribution in [-0.2, 0) is 13.0 Å². The summed E-state index contributed by atoms with van der Waals surface area (Å²) in [6, 6.07) is 12.7. The molecule has 0 aliphatic carbocycles. The second-order valence-corrected chi connectivity index (χ2v) is 6.47. The fourth-order valence-electron chi connectivity index (χ4n) is 2.84. The molecule has 0 bridgehead atoms. The van der Waals surface area contributed by atoms with Gasteiger partial charge in [-0.05, 0) is 41.5 Å². The Morgan fingerprint density at radius 3 is 3.10 bits per heavy atom. The molecular formula is C17H19N3S. The van der Waals surface area contributed by atoms with Gasteiger partial charge in [0.1, 0.15) is 6.04 Å². The van der Waals surface area contributed by atoms with Crippen LogP contribution in [0.1, 0.15) is 28.5 Å². The second kappa shape index (κ2) is 6.30. The monoisotopic (exact) mass is 297 g/mol. The lowest BCUT2D eigenvalue weighted by Crippen LogP contribution is -2.25. The summed E-state index contributed by atoms with van der Waals surface area (Å²) in [7, 11) is 2.13. The molecule has 3 rings (SSSR count). The first-order valence-electron chi connectivity index (χ1n) is 7.27. The Morgan fingerprint density at radius 2 is 2.33 bits per heavy atom.